The lowest BCUT2D eigenvalue weighted by Gasteiger charge is -2.11. The Balaban J connectivity index is 1.62. The minimum absolute atomic E-state index is 0.238. The second-order valence-corrected chi connectivity index (χ2v) is 5.07. The second-order valence-electron chi connectivity index (χ2n) is 5.07. The molecular formula is C15H19F3NO2. The third-order valence-corrected chi connectivity index (χ3v) is 3.34. The second kappa shape index (κ2) is 7.54. The van der Waals surface area contributed by atoms with Gasteiger partial charge in [0.1, 0.15) is 11.5 Å². The Morgan fingerprint density at radius 1 is 1.10 bits per heavy atom. The first-order chi connectivity index (χ1) is 10.0. The summed E-state index contributed by atoms with van der Waals surface area (Å²) in [7, 11) is 0. The monoisotopic (exact) mass is 302 g/mol. The summed E-state index contributed by atoms with van der Waals surface area (Å²) in [4.78, 5) is 0. The molecule has 0 spiro atoms. The van der Waals surface area contributed by atoms with Crippen LogP contribution in [0.5, 0.6) is 11.5 Å². The molecule has 6 heteroatoms. The van der Waals surface area contributed by atoms with Crippen molar-refractivity contribution in [3.8, 4) is 11.5 Å². The Morgan fingerprint density at radius 3 is 2.43 bits per heavy atom. The fraction of sp³-hybridized carbons (Fsp3) is 0.600. The van der Waals surface area contributed by atoms with Gasteiger partial charge in [0.25, 0.3) is 0 Å². The highest BCUT2D eigenvalue weighted by atomic mass is 19.4. The molecule has 2 rings (SSSR count). The zero-order valence-corrected chi connectivity index (χ0v) is 11.7. The summed E-state index contributed by atoms with van der Waals surface area (Å²) in [5.41, 5.74) is 0. The van der Waals surface area contributed by atoms with Crippen LogP contribution in [0.15, 0.2) is 24.3 Å². The van der Waals surface area contributed by atoms with Gasteiger partial charge in [-0.05, 0) is 56.4 Å². The quantitative estimate of drug-likeness (QED) is 0.716. The zero-order valence-electron chi connectivity index (χ0n) is 11.7. The van der Waals surface area contributed by atoms with E-state index >= 15 is 0 Å². The van der Waals surface area contributed by atoms with E-state index < -0.39 is 6.36 Å². The number of nitrogens with zero attached hydrogens (tertiary/aromatic N) is 1. The maximum Gasteiger partial charge on any atom is 0.573 e. The number of alkyl halides is 3. The van der Waals surface area contributed by atoms with Gasteiger partial charge in [0.05, 0.1) is 6.61 Å². The van der Waals surface area contributed by atoms with E-state index in [9.17, 15) is 13.2 Å². The molecule has 1 heterocycles. The van der Waals surface area contributed by atoms with Crippen molar-refractivity contribution in [2.75, 3.05) is 13.2 Å². The van der Waals surface area contributed by atoms with E-state index in [0.717, 1.165) is 25.8 Å². The molecule has 1 aromatic carbocycles. The lowest BCUT2D eigenvalue weighted by molar-refractivity contribution is -0.274. The van der Waals surface area contributed by atoms with E-state index in [1.54, 1.807) is 0 Å². The van der Waals surface area contributed by atoms with E-state index in [4.69, 9.17) is 4.74 Å². The average Bonchev–Trinajstić information content (AvgIpc) is 2.92. The Morgan fingerprint density at radius 2 is 1.81 bits per heavy atom. The molecule has 0 N–H and O–H groups in total. The fourth-order valence-corrected chi connectivity index (χ4v) is 2.34. The lowest BCUT2D eigenvalue weighted by Crippen LogP contribution is -2.17. The molecule has 117 valence electrons. The van der Waals surface area contributed by atoms with Gasteiger partial charge in [-0.15, -0.1) is 13.2 Å². The van der Waals surface area contributed by atoms with Crippen LogP contribution >= 0.6 is 0 Å². The topological polar surface area (TPSA) is 32.6 Å². The predicted octanol–water partition coefficient (Wildman–Crippen LogP) is 3.90. The van der Waals surface area contributed by atoms with Crippen molar-refractivity contribution in [3.63, 3.8) is 0 Å². The summed E-state index contributed by atoms with van der Waals surface area (Å²) in [6, 6.07) is 5.98. The molecule has 1 atom stereocenters. The van der Waals surface area contributed by atoms with E-state index in [1.165, 1.54) is 37.1 Å². The van der Waals surface area contributed by atoms with Gasteiger partial charge in [-0.3, -0.25) is 0 Å². The largest absolute Gasteiger partial charge is 0.573 e. The molecule has 1 radical (unpaired) electrons. The molecule has 1 fully saturated rings. The van der Waals surface area contributed by atoms with Gasteiger partial charge in [0.15, 0.2) is 0 Å². The van der Waals surface area contributed by atoms with Crippen molar-refractivity contribution in [2.45, 2.75) is 44.5 Å². The van der Waals surface area contributed by atoms with Gasteiger partial charge in [0.2, 0.25) is 0 Å². The highest BCUT2D eigenvalue weighted by molar-refractivity contribution is 5.31. The van der Waals surface area contributed by atoms with Crippen LogP contribution in [0.25, 0.3) is 0 Å². The normalized spacial score (nSPS) is 18.7. The molecule has 1 aliphatic heterocycles. The molecule has 1 unspecified atom stereocenters. The number of hydrogen-bond acceptors (Lipinski definition) is 2. The standard InChI is InChI=1S/C15H19F3NO2/c16-15(17,18)21-14-8-6-13(7-9-14)20-11-2-1-4-12-5-3-10-19-12/h6-9,12H,1-5,10-11H2. The van der Waals surface area contributed by atoms with Crippen LogP contribution in [-0.2, 0) is 0 Å². The highest BCUT2D eigenvalue weighted by Gasteiger charge is 2.30. The maximum absolute atomic E-state index is 12.0. The number of unbranched alkanes of at least 4 members (excludes halogenated alkanes) is 1. The molecular weight excluding hydrogens is 283 g/mol. The summed E-state index contributed by atoms with van der Waals surface area (Å²) >= 11 is 0. The third kappa shape index (κ3) is 6.25. The Hall–Kier alpha value is -1.43. The molecule has 0 bridgehead atoms. The third-order valence-electron chi connectivity index (χ3n) is 3.34. The number of benzene rings is 1. The van der Waals surface area contributed by atoms with Crippen LogP contribution in [0.4, 0.5) is 13.2 Å². The van der Waals surface area contributed by atoms with E-state index in [0.29, 0.717) is 18.4 Å². The number of rotatable bonds is 7. The summed E-state index contributed by atoms with van der Waals surface area (Å²) < 4.78 is 45.3. The van der Waals surface area contributed by atoms with Crippen LogP contribution in [0.3, 0.4) is 0 Å². The van der Waals surface area contributed by atoms with Crippen molar-refractivity contribution in [2.24, 2.45) is 0 Å². The van der Waals surface area contributed by atoms with Crippen molar-refractivity contribution < 1.29 is 22.6 Å². The molecule has 0 aromatic heterocycles. The predicted molar refractivity (Wildman–Crippen MR) is 72.5 cm³/mol. The Bertz CT molecular complexity index is 414. The SMILES string of the molecule is FC(F)(F)Oc1ccc(OCCCCC2CCC[N]2)cc1. The number of halogens is 3. The zero-order chi connectivity index (χ0) is 15.1. The Labute approximate surface area is 122 Å². The molecule has 0 saturated carbocycles. The van der Waals surface area contributed by atoms with Crippen molar-refractivity contribution in [1.82, 2.24) is 5.32 Å². The van der Waals surface area contributed by atoms with Gasteiger partial charge >= 0.3 is 6.36 Å². The van der Waals surface area contributed by atoms with Crippen LogP contribution in [0.2, 0.25) is 0 Å². The van der Waals surface area contributed by atoms with Gasteiger partial charge in [-0.2, -0.15) is 0 Å². The Kier molecular flexibility index (Phi) is 5.73. The van der Waals surface area contributed by atoms with Crippen LogP contribution < -0.4 is 14.8 Å². The van der Waals surface area contributed by atoms with Gasteiger partial charge < -0.3 is 9.47 Å². The van der Waals surface area contributed by atoms with Gasteiger partial charge in [0, 0.05) is 12.6 Å². The van der Waals surface area contributed by atoms with Crippen LogP contribution in [0.1, 0.15) is 32.1 Å². The minimum Gasteiger partial charge on any atom is -0.494 e. The minimum atomic E-state index is -4.66. The van der Waals surface area contributed by atoms with Crippen LogP contribution in [-0.4, -0.2) is 25.6 Å². The van der Waals surface area contributed by atoms with E-state index in [1.807, 2.05) is 0 Å². The first kappa shape index (κ1) is 15.9. The number of hydrogen-bond donors (Lipinski definition) is 0. The van der Waals surface area contributed by atoms with E-state index in [2.05, 4.69) is 10.1 Å². The average molecular weight is 302 g/mol. The maximum atomic E-state index is 12.0. The molecule has 3 nitrogen and oxygen atoms in total. The highest BCUT2D eigenvalue weighted by Crippen LogP contribution is 2.24. The molecule has 21 heavy (non-hydrogen) atoms. The van der Waals surface area contributed by atoms with E-state index in [-0.39, 0.29) is 5.75 Å². The van der Waals surface area contributed by atoms with Crippen molar-refractivity contribution in [3.05, 3.63) is 24.3 Å². The summed E-state index contributed by atoms with van der Waals surface area (Å²) in [6.07, 6.45) is 0.820. The molecule has 1 aliphatic rings. The van der Waals surface area contributed by atoms with Crippen molar-refractivity contribution >= 4 is 0 Å². The molecule has 0 aliphatic carbocycles. The van der Waals surface area contributed by atoms with Gasteiger partial charge in [-0.25, -0.2) is 5.32 Å². The summed E-state index contributed by atoms with van der Waals surface area (Å²) in [5.74, 6) is 0.313. The molecule has 1 saturated heterocycles. The first-order valence-corrected chi connectivity index (χ1v) is 7.18. The van der Waals surface area contributed by atoms with Crippen LogP contribution in [0, 0.1) is 0 Å². The van der Waals surface area contributed by atoms with Gasteiger partial charge in [-0.1, -0.05) is 0 Å². The lowest BCUT2D eigenvalue weighted by atomic mass is 10.1. The summed E-state index contributed by atoms with van der Waals surface area (Å²) in [6.45, 7) is 1.56. The smallest absolute Gasteiger partial charge is 0.494 e. The van der Waals surface area contributed by atoms with Crippen molar-refractivity contribution in [1.29, 1.82) is 0 Å². The molecule has 0 amide bonds. The summed E-state index contributed by atoms with van der Waals surface area (Å²) in [5, 5.41) is 4.48. The molecule has 1 aromatic rings. The number of ether oxygens (including phenoxy) is 2. The fourth-order valence-electron chi connectivity index (χ4n) is 2.34. The first-order valence-electron chi connectivity index (χ1n) is 7.18.